The number of hydrogen-bond acceptors (Lipinski definition) is 4. The highest BCUT2D eigenvalue weighted by molar-refractivity contribution is 9.11. The van der Waals surface area contributed by atoms with Gasteiger partial charge in [0.25, 0.3) is 0 Å². The molecule has 2 aromatic heterocycles. The highest BCUT2D eigenvalue weighted by Gasteiger charge is 2.18. The van der Waals surface area contributed by atoms with Gasteiger partial charge in [-0.1, -0.05) is 6.92 Å². The van der Waals surface area contributed by atoms with Crippen LogP contribution in [0.2, 0.25) is 0 Å². The molecule has 96 valence electrons. The van der Waals surface area contributed by atoms with Crippen LogP contribution in [0.5, 0.6) is 0 Å². The summed E-state index contributed by atoms with van der Waals surface area (Å²) in [7, 11) is 0. The number of thiophene rings is 1. The predicted molar refractivity (Wildman–Crippen MR) is 80.9 cm³/mol. The van der Waals surface area contributed by atoms with Crippen LogP contribution in [-0.2, 0) is 0 Å². The van der Waals surface area contributed by atoms with Crippen molar-refractivity contribution in [3.63, 3.8) is 0 Å². The lowest BCUT2D eigenvalue weighted by Crippen LogP contribution is -2.22. The average molecular weight is 326 g/mol. The van der Waals surface area contributed by atoms with Crippen molar-refractivity contribution < 1.29 is 0 Å². The maximum Gasteiger partial charge on any atom is 0.128 e. The summed E-state index contributed by atoms with van der Waals surface area (Å²) in [4.78, 5) is 5.48. The van der Waals surface area contributed by atoms with Gasteiger partial charge in [-0.2, -0.15) is 0 Å². The summed E-state index contributed by atoms with van der Waals surface area (Å²) in [5.74, 6) is 0.594. The van der Waals surface area contributed by atoms with Crippen LogP contribution < -0.4 is 11.1 Å². The average Bonchev–Trinajstić information content (AvgIpc) is 2.76. The molecular formula is C13H16BrN3S. The highest BCUT2D eigenvalue weighted by atomic mass is 79.9. The zero-order valence-corrected chi connectivity index (χ0v) is 12.8. The van der Waals surface area contributed by atoms with Crippen LogP contribution in [0.25, 0.3) is 0 Å². The fourth-order valence-corrected chi connectivity index (χ4v) is 3.40. The topological polar surface area (TPSA) is 50.9 Å². The van der Waals surface area contributed by atoms with Crippen LogP contribution in [0.3, 0.4) is 0 Å². The van der Waals surface area contributed by atoms with Gasteiger partial charge in [0, 0.05) is 16.6 Å². The molecule has 18 heavy (non-hydrogen) atoms. The SMILES string of the molecule is CCNC(c1ccc(Br)s1)c1cc(C)cnc1N. The molecule has 2 heterocycles. The van der Waals surface area contributed by atoms with Crippen molar-refractivity contribution >= 4 is 33.1 Å². The van der Waals surface area contributed by atoms with E-state index in [-0.39, 0.29) is 6.04 Å². The Kier molecular flexibility index (Phi) is 4.37. The molecule has 0 spiro atoms. The van der Waals surface area contributed by atoms with E-state index in [0.29, 0.717) is 5.82 Å². The zero-order chi connectivity index (χ0) is 13.1. The lowest BCUT2D eigenvalue weighted by Gasteiger charge is -2.18. The summed E-state index contributed by atoms with van der Waals surface area (Å²) >= 11 is 5.22. The van der Waals surface area contributed by atoms with E-state index in [1.54, 1.807) is 17.5 Å². The maximum absolute atomic E-state index is 6.01. The highest BCUT2D eigenvalue weighted by Crippen LogP contribution is 2.33. The number of rotatable bonds is 4. The van der Waals surface area contributed by atoms with E-state index in [2.05, 4.69) is 51.4 Å². The van der Waals surface area contributed by atoms with E-state index in [1.165, 1.54) is 4.88 Å². The van der Waals surface area contributed by atoms with E-state index in [4.69, 9.17) is 5.73 Å². The van der Waals surface area contributed by atoms with Gasteiger partial charge >= 0.3 is 0 Å². The monoisotopic (exact) mass is 325 g/mol. The summed E-state index contributed by atoms with van der Waals surface area (Å²) in [6.45, 7) is 5.01. The van der Waals surface area contributed by atoms with E-state index in [0.717, 1.165) is 21.5 Å². The van der Waals surface area contributed by atoms with Gasteiger partial charge in [0.2, 0.25) is 0 Å². The number of aryl methyl sites for hydroxylation is 1. The first-order chi connectivity index (χ1) is 8.61. The van der Waals surface area contributed by atoms with Crippen molar-refractivity contribution in [2.24, 2.45) is 0 Å². The van der Waals surface area contributed by atoms with E-state index < -0.39 is 0 Å². The van der Waals surface area contributed by atoms with Crippen LogP contribution in [0.1, 0.15) is 29.0 Å². The second-order valence-electron chi connectivity index (χ2n) is 4.12. The van der Waals surface area contributed by atoms with Crippen LogP contribution in [-0.4, -0.2) is 11.5 Å². The van der Waals surface area contributed by atoms with Gasteiger partial charge in [-0.05, 0) is 53.2 Å². The molecule has 2 rings (SSSR count). The number of anilines is 1. The smallest absolute Gasteiger partial charge is 0.128 e. The van der Waals surface area contributed by atoms with Crippen molar-refractivity contribution in [2.45, 2.75) is 19.9 Å². The van der Waals surface area contributed by atoms with Crippen LogP contribution >= 0.6 is 27.3 Å². The van der Waals surface area contributed by atoms with Crippen LogP contribution in [0.4, 0.5) is 5.82 Å². The van der Waals surface area contributed by atoms with Crippen molar-refractivity contribution in [3.05, 3.63) is 44.2 Å². The Labute approximate surface area is 120 Å². The summed E-state index contributed by atoms with van der Waals surface area (Å²) in [6.07, 6.45) is 1.80. The molecule has 3 N–H and O–H groups in total. The molecule has 0 aromatic carbocycles. The molecule has 0 saturated heterocycles. The number of nitrogens with zero attached hydrogens (tertiary/aromatic N) is 1. The van der Waals surface area contributed by atoms with Crippen LogP contribution in [0, 0.1) is 6.92 Å². The summed E-state index contributed by atoms with van der Waals surface area (Å²) < 4.78 is 1.12. The summed E-state index contributed by atoms with van der Waals surface area (Å²) in [6, 6.07) is 6.38. The van der Waals surface area contributed by atoms with Crippen molar-refractivity contribution in [2.75, 3.05) is 12.3 Å². The number of hydrogen-bond donors (Lipinski definition) is 2. The summed E-state index contributed by atoms with van der Waals surface area (Å²) in [5, 5.41) is 3.47. The van der Waals surface area contributed by atoms with E-state index in [1.807, 2.05) is 6.92 Å². The van der Waals surface area contributed by atoms with Crippen LogP contribution in [0.15, 0.2) is 28.2 Å². The lowest BCUT2D eigenvalue weighted by molar-refractivity contribution is 0.639. The number of nitrogen functional groups attached to an aromatic ring is 1. The number of halogens is 1. The second-order valence-corrected chi connectivity index (χ2v) is 6.61. The van der Waals surface area contributed by atoms with Gasteiger partial charge in [0.05, 0.1) is 9.83 Å². The van der Waals surface area contributed by atoms with E-state index in [9.17, 15) is 0 Å². The van der Waals surface area contributed by atoms with Gasteiger partial charge in [-0.25, -0.2) is 4.98 Å². The predicted octanol–water partition coefficient (Wildman–Crippen LogP) is 3.50. The minimum absolute atomic E-state index is 0.110. The van der Waals surface area contributed by atoms with Gasteiger partial charge < -0.3 is 11.1 Å². The normalized spacial score (nSPS) is 12.6. The minimum atomic E-state index is 0.110. The van der Waals surface area contributed by atoms with Crippen molar-refractivity contribution in [3.8, 4) is 0 Å². The Morgan fingerprint density at radius 1 is 1.50 bits per heavy atom. The Balaban J connectivity index is 2.44. The molecule has 0 radical (unpaired) electrons. The number of nitrogens with two attached hydrogens (primary N) is 1. The molecule has 1 atom stereocenters. The molecule has 5 heteroatoms. The fourth-order valence-electron chi connectivity index (χ4n) is 1.88. The van der Waals surface area contributed by atoms with Crippen molar-refractivity contribution in [1.82, 2.24) is 10.3 Å². The zero-order valence-electron chi connectivity index (χ0n) is 10.4. The second kappa shape index (κ2) is 5.82. The molecule has 2 aromatic rings. The number of pyridine rings is 1. The Morgan fingerprint density at radius 3 is 2.89 bits per heavy atom. The number of nitrogens with one attached hydrogen (secondary N) is 1. The molecule has 0 amide bonds. The van der Waals surface area contributed by atoms with Gasteiger partial charge in [0.15, 0.2) is 0 Å². The quantitative estimate of drug-likeness (QED) is 0.904. The molecule has 0 saturated carbocycles. The molecule has 3 nitrogen and oxygen atoms in total. The Morgan fingerprint density at radius 2 is 2.28 bits per heavy atom. The maximum atomic E-state index is 6.01. The largest absolute Gasteiger partial charge is 0.383 e. The molecule has 0 aliphatic carbocycles. The van der Waals surface area contributed by atoms with E-state index >= 15 is 0 Å². The molecule has 0 fully saturated rings. The lowest BCUT2D eigenvalue weighted by atomic mass is 10.0. The molecule has 0 bridgehead atoms. The summed E-state index contributed by atoms with van der Waals surface area (Å²) in [5.41, 5.74) is 8.18. The van der Waals surface area contributed by atoms with Gasteiger partial charge in [0.1, 0.15) is 5.82 Å². The number of aromatic nitrogens is 1. The molecule has 1 unspecified atom stereocenters. The van der Waals surface area contributed by atoms with Gasteiger partial charge in [-0.3, -0.25) is 0 Å². The molecule has 0 aliphatic rings. The minimum Gasteiger partial charge on any atom is -0.383 e. The first-order valence-corrected chi connectivity index (χ1v) is 7.43. The Bertz CT molecular complexity index is 539. The van der Waals surface area contributed by atoms with Crippen molar-refractivity contribution in [1.29, 1.82) is 0 Å². The van der Waals surface area contributed by atoms with Gasteiger partial charge in [-0.15, -0.1) is 11.3 Å². The first kappa shape index (κ1) is 13.5. The molecule has 0 aliphatic heterocycles. The third kappa shape index (κ3) is 2.91. The third-order valence-corrected chi connectivity index (χ3v) is 4.37. The third-order valence-electron chi connectivity index (χ3n) is 2.68. The first-order valence-electron chi connectivity index (χ1n) is 5.82. The fraction of sp³-hybridized carbons (Fsp3) is 0.308. The standard InChI is InChI=1S/C13H16BrN3S/c1-3-16-12(10-4-5-11(14)18-10)9-6-8(2)7-17-13(9)15/h4-7,12,16H,3H2,1-2H3,(H2,15,17). The Hall–Kier alpha value is -0.910. The molecular weight excluding hydrogens is 310 g/mol.